The van der Waals surface area contributed by atoms with E-state index in [-0.39, 0.29) is 0 Å². The van der Waals surface area contributed by atoms with Gasteiger partial charge in [-0.25, -0.2) is 0 Å². The predicted molar refractivity (Wildman–Crippen MR) is 80.8 cm³/mol. The van der Waals surface area contributed by atoms with Crippen LogP contribution in [0.4, 0.5) is 11.4 Å². The van der Waals surface area contributed by atoms with Crippen LogP contribution in [0.15, 0.2) is 42.5 Å². The van der Waals surface area contributed by atoms with Gasteiger partial charge in [0.25, 0.3) is 0 Å². The average Bonchev–Trinajstić information content (AvgIpc) is 2.43. The van der Waals surface area contributed by atoms with Gasteiger partial charge in [-0.2, -0.15) is 0 Å². The Balaban J connectivity index is 1.90. The van der Waals surface area contributed by atoms with E-state index in [2.05, 4.69) is 23.5 Å². The van der Waals surface area contributed by atoms with Crippen molar-refractivity contribution in [3.63, 3.8) is 0 Å². The Bertz CT molecular complexity index is 552. The van der Waals surface area contributed by atoms with Gasteiger partial charge < -0.3 is 15.8 Å². The molecule has 0 aliphatic carbocycles. The molecular formula is C16H20N2O. The van der Waals surface area contributed by atoms with Gasteiger partial charge in [0.15, 0.2) is 0 Å². The molecule has 0 spiro atoms. The molecule has 0 saturated heterocycles. The highest BCUT2D eigenvalue weighted by Gasteiger charge is 1.98. The van der Waals surface area contributed by atoms with E-state index >= 15 is 0 Å². The molecule has 100 valence electrons. The lowest BCUT2D eigenvalue weighted by Crippen LogP contribution is -2.05. The van der Waals surface area contributed by atoms with Crippen LogP contribution in [0, 0.1) is 6.92 Å². The van der Waals surface area contributed by atoms with Crippen molar-refractivity contribution >= 4 is 11.4 Å². The first kappa shape index (κ1) is 13.3. The Morgan fingerprint density at radius 1 is 1.16 bits per heavy atom. The number of hydrogen-bond donors (Lipinski definition) is 2. The van der Waals surface area contributed by atoms with Gasteiger partial charge in [0.2, 0.25) is 0 Å². The topological polar surface area (TPSA) is 47.3 Å². The summed E-state index contributed by atoms with van der Waals surface area (Å²) in [5, 5.41) is 3.40. The van der Waals surface area contributed by atoms with E-state index in [1.165, 1.54) is 5.56 Å². The van der Waals surface area contributed by atoms with E-state index in [4.69, 9.17) is 10.5 Å². The van der Waals surface area contributed by atoms with Crippen molar-refractivity contribution in [3.05, 3.63) is 53.6 Å². The lowest BCUT2D eigenvalue weighted by molar-refractivity contribution is 0.414. The quantitative estimate of drug-likeness (QED) is 0.807. The number of nitrogens with one attached hydrogen (secondary N) is 1. The van der Waals surface area contributed by atoms with Gasteiger partial charge in [-0.1, -0.05) is 12.1 Å². The summed E-state index contributed by atoms with van der Waals surface area (Å²) in [5.41, 5.74) is 10.1. The Morgan fingerprint density at radius 3 is 2.74 bits per heavy atom. The maximum Gasteiger partial charge on any atom is 0.119 e. The number of nitrogen functional groups attached to an aromatic ring is 1. The number of rotatable bonds is 5. The Morgan fingerprint density at radius 2 is 2.00 bits per heavy atom. The number of ether oxygens (including phenoxy) is 1. The van der Waals surface area contributed by atoms with Crippen LogP contribution in [-0.4, -0.2) is 13.7 Å². The Hall–Kier alpha value is -2.16. The third-order valence-electron chi connectivity index (χ3n) is 3.15. The van der Waals surface area contributed by atoms with Gasteiger partial charge in [-0.3, -0.25) is 0 Å². The van der Waals surface area contributed by atoms with Crippen LogP contribution in [0.5, 0.6) is 5.75 Å². The minimum absolute atomic E-state index is 0.832. The largest absolute Gasteiger partial charge is 0.497 e. The summed E-state index contributed by atoms with van der Waals surface area (Å²) < 4.78 is 5.21. The smallest absolute Gasteiger partial charge is 0.119 e. The number of anilines is 2. The van der Waals surface area contributed by atoms with E-state index in [0.29, 0.717) is 0 Å². The molecule has 0 unspecified atom stereocenters. The zero-order valence-electron chi connectivity index (χ0n) is 11.4. The molecule has 2 aromatic rings. The lowest BCUT2D eigenvalue weighted by Gasteiger charge is -2.09. The molecule has 2 rings (SSSR count). The van der Waals surface area contributed by atoms with Crippen LogP contribution in [0.3, 0.4) is 0 Å². The van der Waals surface area contributed by atoms with Crippen LogP contribution in [0.1, 0.15) is 11.1 Å². The molecule has 3 heteroatoms. The molecule has 0 atom stereocenters. The third-order valence-corrected chi connectivity index (χ3v) is 3.15. The number of aryl methyl sites for hydroxylation is 1. The van der Waals surface area contributed by atoms with Crippen LogP contribution in [0.2, 0.25) is 0 Å². The Labute approximate surface area is 114 Å². The fourth-order valence-electron chi connectivity index (χ4n) is 1.96. The van der Waals surface area contributed by atoms with E-state index < -0.39 is 0 Å². The standard InChI is InChI=1S/C16H20N2O/c1-12-10-14(6-7-16(12)17)18-9-8-13-4-3-5-15(11-13)19-2/h3-7,10-11,18H,8-9,17H2,1-2H3. The number of hydrogen-bond acceptors (Lipinski definition) is 3. The molecule has 3 N–H and O–H groups in total. The molecule has 0 aliphatic rings. The third kappa shape index (κ3) is 3.65. The van der Waals surface area contributed by atoms with Gasteiger partial charge >= 0.3 is 0 Å². The first-order valence-electron chi connectivity index (χ1n) is 6.42. The van der Waals surface area contributed by atoms with Crippen molar-refractivity contribution in [2.24, 2.45) is 0 Å². The summed E-state index contributed by atoms with van der Waals surface area (Å²) in [7, 11) is 1.69. The molecule has 0 aliphatic heterocycles. The van der Waals surface area contributed by atoms with Gasteiger partial charge in [-0.05, 0) is 54.8 Å². The second-order valence-corrected chi connectivity index (χ2v) is 4.60. The van der Waals surface area contributed by atoms with Crippen molar-refractivity contribution in [1.29, 1.82) is 0 Å². The van der Waals surface area contributed by atoms with Crippen LogP contribution >= 0.6 is 0 Å². The van der Waals surface area contributed by atoms with E-state index in [9.17, 15) is 0 Å². The number of methoxy groups -OCH3 is 1. The molecule has 0 aromatic heterocycles. The second kappa shape index (κ2) is 6.14. The van der Waals surface area contributed by atoms with Gasteiger partial charge in [0.05, 0.1) is 7.11 Å². The molecular weight excluding hydrogens is 236 g/mol. The summed E-state index contributed by atoms with van der Waals surface area (Å²) in [4.78, 5) is 0. The maximum atomic E-state index is 5.80. The van der Waals surface area contributed by atoms with E-state index in [0.717, 1.165) is 35.7 Å². The highest BCUT2D eigenvalue weighted by Crippen LogP contribution is 2.17. The fourth-order valence-corrected chi connectivity index (χ4v) is 1.96. The summed E-state index contributed by atoms with van der Waals surface area (Å²) >= 11 is 0. The highest BCUT2D eigenvalue weighted by atomic mass is 16.5. The average molecular weight is 256 g/mol. The van der Waals surface area contributed by atoms with Gasteiger partial charge in [0, 0.05) is 17.9 Å². The minimum Gasteiger partial charge on any atom is -0.497 e. The molecule has 3 nitrogen and oxygen atoms in total. The molecule has 0 fully saturated rings. The summed E-state index contributed by atoms with van der Waals surface area (Å²) in [6, 6.07) is 14.2. The van der Waals surface area contributed by atoms with Crippen molar-refractivity contribution < 1.29 is 4.74 Å². The van der Waals surface area contributed by atoms with Crippen molar-refractivity contribution in [2.45, 2.75) is 13.3 Å². The fraction of sp³-hybridized carbons (Fsp3) is 0.250. The van der Waals surface area contributed by atoms with Crippen molar-refractivity contribution in [2.75, 3.05) is 24.7 Å². The maximum absolute atomic E-state index is 5.80. The molecule has 0 radical (unpaired) electrons. The molecule has 2 aromatic carbocycles. The van der Waals surface area contributed by atoms with E-state index in [1.54, 1.807) is 7.11 Å². The van der Waals surface area contributed by atoms with Gasteiger partial charge in [0.1, 0.15) is 5.75 Å². The molecule has 0 saturated carbocycles. The number of nitrogens with two attached hydrogens (primary N) is 1. The van der Waals surface area contributed by atoms with Crippen LogP contribution in [-0.2, 0) is 6.42 Å². The molecule has 19 heavy (non-hydrogen) atoms. The summed E-state index contributed by atoms with van der Waals surface area (Å²) in [5.74, 6) is 0.904. The van der Waals surface area contributed by atoms with Crippen LogP contribution < -0.4 is 15.8 Å². The zero-order valence-corrected chi connectivity index (χ0v) is 11.4. The zero-order chi connectivity index (χ0) is 13.7. The molecule has 0 heterocycles. The second-order valence-electron chi connectivity index (χ2n) is 4.60. The normalized spacial score (nSPS) is 10.2. The molecule has 0 bridgehead atoms. The van der Waals surface area contributed by atoms with E-state index in [1.807, 2.05) is 31.2 Å². The first-order valence-corrected chi connectivity index (χ1v) is 6.42. The van der Waals surface area contributed by atoms with Crippen molar-refractivity contribution in [1.82, 2.24) is 0 Å². The highest BCUT2D eigenvalue weighted by molar-refractivity contribution is 5.56. The SMILES string of the molecule is COc1cccc(CCNc2ccc(N)c(C)c2)c1. The summed E-state index contributed by atoms with van der Waals surface area (Å²) in [6.07, 6.45) is 0.959. The van der Waals surface area contributed by atoms with Crippen molar-refractivity contribution in [3.8, 4) is 5.75 Å². The molecule has 0 amide bonds. The monoisotopic (exact) mass is 256 g/mol. The Kier molecular flexibility index (Phi) is 4.29. The van der Waals surface area contributed by atoms with Crippen LogP contribution in [0.25, 0.3) is 0 Å². The van der Waals surface area contributed by atoms with Gasteiger partial charge in [-0.15, -0.1) is 0 Å². The first-order chi connectivity index (χ1) is 9.19. The minimum atomic E-state index is 0.832. The predicted octanol–water partition coefficient (Wildman–Crippen LogP) is 3.24. The number of benzene rings is 2. The summed E-state index contributed by atoms with van der Waals surface area (Å²) in [6.45, 7) is 2.90. The lowest BCUT2D eigenvalue weighted by atomic mass is 10.1.